The number of aromatic nitrogens is 2. The minimum absolute atomic E-state index is 0.0738. The summed E-state index contributed by atoms with van der Waals surface area (Å²) in [4.78, 5) is 10.1. The molecule has 0 radical (unpaired) electrons. The summed E-state index contributed by atoms with van der Waals surface area (Å²) in [7, 11) is 0. The highest BCUT2D eigenvalue weighted by atomic mass is 16.5. The molecule has 13 rings (SSSR count). The Kier molecular flexibility index (Phi) is 11.7. The first-order chi connectivity index (χ1) is 37.2. The van der Waals surface area contributed by atoms with Crippen molar-refractivity contribution >= 4 is 44.6 Å². The molecular formula is C71H56N4O. The summed E-state index contributed by atoms with van der Waals surface area (Å²) in [5.74, 6) is 2.34. The standard InChI is InChI=1S/C71H56N4O/c1-48-41-69(72-46-63(48)53-35-38-55(39-36-53)71(2,3)4)75-64-40-37-54(49-21-9-5-10-22-49)42-61(64)62-44-60(52-27-15-8-16-28-52)68(45-67(62)75)76-57-30-19-29-56(43-57)73-47-74(66-34-18-17-33-65(66)73)70-58(50-23-11-6-12-24-50)31-20-32-59(70)51-25-13-7-14-26-51/h5-46H,47H2,1-4H3. The lowest BCUT2D eigenvalue weighted by molar-refractivity contribution is 0.485. The third-order valence-corrected chi connectivity index (χ3v) is 15.0. The minimum atomic E-state index is 0.0738. The highest BCUT2D eigenvalue weighted by molar-refractivity contribution is 6.12. The lowest BCUT2D eigenvalue weighted by atomic mass is 9.86. The Morgan fingerprint density at radius 1 is 0.421 bits per heavy atom. The third kappa shape index (κ3) is 8.46. The fourth-order valence-corrected chi connectivity index (χ4v) is 11.2. The van der Waals surface area contributed by atoms with Gasteiger partial charge < -0.3 is 14.5 Å². The summed E-state index contributed by atoms with van der Waals surface area (Å²) in [6.45, 7) is 9.56. The van der Waals surface area contributed by atoms with Gasteiger partial charge in [-0.2, -0.15) is 0 Å². The highest BCUT2D eigenvalue weighted by Crippen LogP contribution is 2.51. The van der Waals surface area contributed by atoms with Gasteiger partial charge >= 0.3 is 0 Å². The summed E-state index contributed by atoms with van der Waals surface area (Å²) in [6.07, 6.45) is 2.04. The molecule has 0 amide bonds. The van der Waals surface area contributed by atoms with Gasteiger partial charge in [-0.05, 0) is 105 Å². The number of ether oxygens (including phenoxy) is 1. The van der Waals surface area contributed by atoms with E-state index in [2.05, 4.69) is 291 Å². The number of fused-ring (bicyclic) bond motifs is 4. The number of hydrogen-bond donors (Lipinski definition) is 0. The SMILES string of the molecule is Cc1cc(-n2c3ccc(-c4ccccc4)cc3c3cc(-c4ccccc4)c(Oc4cccc(N5CN(c6c(-c7ccccc7)cccc6-c6ccccc6)c6ccccc65)c4)cc32)ncc1-c1ccc(C(C)(C)C)cc1. The predicted octanol–water partition coefficient (Wildman–Crippen LogP) is 19.2. The first-order valence-corrected chi connectivity index (χ1v) is 26.2. The van der Waals surface area contributed by atoms with Gasteiger partial charge in [-0.25, -0.2) is 4.98 Å². The second kappa shape index (κ2) is 19.1. The van der Waals surface area contributed by atoms with Crippen LogP contribution in [0.3, 0.4) is 0 Å². The molecule has 0 aliphatic carbocycles. The summed E-state index contributed by atoms with van der Waals surface area (Å²) in [6, 6.07) is 89.2. The maximum absolute atomic E-state index is 7.27. The van der Waals surface area contributed by atoms with Gasteiger partial charge in [0.1, 0.15) is 24.0 Å². The molecule has 0 atom stereocenters. The molecule has 76 heavy (non-hydrogen) atoms. The van der Waals surface area contributed by atoms with Gasteiger partial charge in [0.2, 0.25) is 0 Å². The van der Waals surface area contributed by atoms with E-state index >= 15 is 0 Å². The van der Waals surface area contributed by atoms with Crippen molar-refractivity contribution in [3.63, 3.8) is 0 Å². The molecule has 12 aromatic rings. The van der Waals surface area contributed by atoms with Crippen LogP contribution in [0.25, 0.3) is 83.3 Å². The average Bonchev–Trinajstić information content (AvgIpc) is 4.03. The molecule has 0 saturated carbocycles. The molecule has 1 aliphatic rings. The third-order valence-electron chi connectivity index (χ3n) is 15.0. The zero-order valence-electron chi connectivity index (χ0n) is 43.2. The second-order valence-corrected chi connectivity index (χ2v) is 20.9. The van der Waals surface area contributed by atoms with Crippen molar-refractivity contribution in [3.05, 3.63) is 266 Å². The van der Waals surface area contributed by atoms with Crippen LogP contribution in [0.5, 0.6) is 11.5 Å². The maximum atomic E-state index is 7.27. The molecule has 0 bridgehead atoms. The van der Waals surface area contributed by atoms with Crippen LogP contribution >= 0.6 is 0 Å². The van der Waals surface area contributed by atoms with E-state index in [-0.39, 0.29) is 5.41 Å². The normalized spacial score (nSPS) is 12.4. The number of nitrogens with zero attached hydrogens (tertiary/aromatic N) is 4. The summed E-state index contributed by atoms with van der Waals surface area (Å²) < 4.78 is 9.57. The Balaban J connectivity index is 0.935. The van der Waals surface area contributed by atoms with E-state index in [1.807, 2.05) is 6.20 Å². The fourth-order valence-electron chi connectivity index (χ4n) is 11.2. The fraction of sp³-hybridized carbons (Fsp3) is 0.0845. The predicted molar refractivity (Wildman–Crippen MR) is 318 cm³/mol. The molecule has 0 unspecified atom stereocenters. The van der Waals surface area contributed by atoms with Crippen LogP contribution in [0.1, 0.15) is 31.9 Å². The van der Waals surface area contributed by atoms with E-state index in [9.17, 15) is 0 Å². The van der Waals surface area contributed by atoms with Gasteiger partial charge in [-0.1, -0.05) is 209 Å². The van der Waals surface area contributed by atoms with Crippen molar-refractivity contribution in [2.24, 2.45) is 0 Å². The van der Waals surface area contributed by atoms with Gasteiger partial charge in [0.15, 0.2) is 0 Å². The van der Waals surface area contributed by atoms with Gasteiger partial charge in [0.05, 0.1) is 28.1 Å². The van der Waals surface area contributed by atoms with Crippen LogP contribution in [-0.4, -0.2) is 16.2 Å². The Bertz CT molecular complexity index is 4030. The first kappa shape index (κ1) is 46.3. The Morgan fingerprint density at radius 2 is 0.961 bits per heavy atom. The molecule has 3 heterocycles. The van der Waals surface area contributed by atoms with Gasteiger partial charge in [-0.3, -0.25) is 4.57 Å². The number of para-hydroxylation sites is 3. The molecule has 1 aliphatic heterocycles. The first-order valence-electron chi connectivity index (χ1n) is 26.2. The van der Waals surface area contributed by atoms with Crippen molar-refractivity contribution in [2.75, 3.05) is 16.5 Å². The molecule has 0 fully saturated rings. The number of anilines is 4. The molecule has 0 spiro atoms. The largest absolute Gasteiger partial charge is 0.457 e. The number of rotatable bonds is 10. The van der Waals surface area contributed by atoms with Crippen LogP contribution in [-0.2, 0) is 5.41 Å². The quantitative estimate of drug-likeness (QED) is 0.137. The van der Waals surface area contributed by atoms with Crippen LogP contribution in [0, 0.1) is 6.92 Å². The van der Waals surface area contributed by atoms with Crippen LogP contribution in [0.15, 0.2) is 255 Å². The molecular weight excluding hydrogens is 925 g/mol. The van der Waals surface area contributed by atoms with E-state index in [1.54, 1.807) is 0 Å². The number of benzene rings is 10. The lowest BCUT2D eigenvalue weighted by Gasteiger charge is -2.27. The topological polar surface area (TPSA) is 33.5 Å². The van der Waals surface area contributed by atoms with Crippen LogP contribution < -0.4 is 14.5 Å². The van der Waals surface area contributed by atoms with E-state index in [0.717, 1.165) is 89.6 Å². The highest BCUT2D eigenvalue weighted by Gasteiger charge is 2.32. The van der Waals surface area contributed by atoms with E-state index in [1.165, 1.54) is 39.1 Å². The smallest absolute Gasteiger partial charge is 0.137 e. The molecule has 0 saturated heterocycles. The number of hydrogen-bond acceptors (Lipinski definition) is 4. The zero-order chi connectivity index (χ0) is 51.3. The van der Waals surface area contributed by atoms with Gasteiger partial charge in [0.25, 0.3) is 0 Å². The lowest BCUT2D eigenvalue weighted by Crippen LogP contribution is -2.24. The Labute approximate surface area is 445 Å². The monoisotopic (exact) mass is 980 g/mol. The molecule has 5 nitrogen and oxygen atoms in total. The molecule has 5 heteroatoms. The van der Waals surface area contributed by atoms with Crippen molar-refractivity contribution in [1.29, 1.82) is 0 Å². The van der Waals surface area contributed by atoms with Crippen molar-refractivity contribution in [1.82, 2.24) is 9.55 Å². The summed E-state index contributed by atoms with van der Waals surface area (Å²) in [5, 5.41) is 2.26. The summed E-state index contributed by atoms with van der Waals surface area (Å²) >= 11 is 0. The van der Waals surface area contributed by atoms with E-state index in [0.29, 0.717) is 6.67 Å². The van der Waals surface area contributed by atoms with Gasteiger partial charge in [0, 0.05) is 57.0 Å². The molecule has 0 N–H and O–H groups in total. The van der Waals surface area contributed by atoms with Crippen molar-refractivity contribution in [3.8, 4) is 73.0 Å². The molecule has 366 valence electrons. The van der Waals surface area contributed by atoms with Crippen LogP contribution in [0.2, 0.25) is 0 Å². The van der Waals surface area contributed by atoms with E-state index in [4.69, 9.17) is 9.72 Å². The number of pyridine rings is 1. The Hall–Kier alpha value is -9.45. The number of aryl methyl sites for hydroxylation is 1. The summed E-state index contributed by atoms with van der Waals surface area (Å²) in [5.41, 5.74) is 20.5. The van der Waals surface area contributed by atoms with Crippen LogP contribution in [0.4, 0.5) is 22.7 Å². The zero-order valence-corrected chi connectivity index (χ0v) is 43.2. The van der Waals surface area contributed by atoms with Crippen molar-refractivity contribution < 1.29 is 4.74 Å². The van der Waals surface area contributed by atoms with E-state index < -0.39 is 0 Å². The van der Waals surface area contributed by atoms with Crippen molar-refractivity contribution in [2.45, 2.75) is 33.1 Å². The Morgan fingerprint density at radius 3 is 1.58 bits per heavy atom. The second-order valence-electron chi connectivity index (χ2n) is 20.9. The van der Waals surface area contributed by atoms with Gasteiger partial charge in [-0.15, -0.1) is 0 Å². The average molecular weight is 981 g/mol. The molecule has 2 aromatic heterocycles. The molecule has 10 aromatic carbocycles. The maximum Gasteiger partial charge on any atom is 0.137 e. The minimum Gasteiger partial charge on any atom is -0.457 e.